The molecule has 1 aromatic rings. The van der Waals surface area contributed by atoms with Crippen molar-refractivity contribution in [2.45, 2.75) is 56.6 Å². The summed E-state index contributed by atoms with van der Waals surface area (Å²) in [5.74, 6) is 0.722. The van der Waals surface area contributed by atoms with Crippen molar-refractivity contribution in [1.82, 2.24) is 4.90 Å². The monoisotopic (exact) mass is 469 g/mol. The van der Waals surface area contributed by atoms with Gasteiger partial charge < -0.3 is 0 Å². The number of nitrogens with zero attached hydrogens (tertiary/aromatic N) is 1. The summed E-state index contributed by atoms with van der Waals surface area (Å²) in [6.07, 6.45) is 7.11. The molecule has 0 spiro atoms. The van der Waals surface area contributed by atoms with E-state index in [0.717, 1.165) is 25.4 Å². The van der Waals surface area contributed by atoms with Gasteiger partial charge in [-0.1, -0.05) is 0 Å². The molecular formula is C17H24AtNO. The number of benzene rings is 1. The fourth-order valence-corrected chi connectivity index (χ4v) is 4.31. The van der Waals surface area contributed by atoms with Gasteiger partial charge in [-0.05, 0) is 0 Å². The number of aliphatic hydroxyl groups excluding tert-OH is 1. The van der Waals surface area contributed by atoms with E-state index in [-0.39, 0.29) is 6.10 Å². The Kier molecular flexibility index (Phi) is 5.12. The SMILES string of the molecule is O[C@@H]1CCCC[C@H]1N1CCC(c2ccc([211At])cc2)CC1. The Labute approximate surface area is 137 Å². The van der Waals surface area contributed by atoms with Crippen LogP contribution in [0.5, 0.6) is 0 Å². The molecule has 2 atom stereocenters. The van der Waals surface area contributed by atoms with E-state index in [0.29, 0.717) is 6.04 Å². The van der Waals surface area contributed by atoms with Gasteiger partial charge in [-0.25, -0.2) is 0 Å². The van der Waals surface area contributed by atoms with Crippen molar-refractivity contribution < 1.29 is 29.8 Å². The van der Waals surface area contributed by atoms with Gasteiger partial charge in [0.15, 0.2) is 0 Å². The summed E-state index contributed by atoms with van der Waals surface area (Å²) in [5.41, 5.74) is 1.51. The molecule has 0 amide bonds. The van der Waals surface area contributed by atoms with E-state index in [1.165, 1.54) is 40.9 Å². The number of aliphatic hydroxyl groups is 1. The molecule has 1 aromatic carbocycles. The molecule has 110 valence electrons. The predicted molar refractivity (Wildman–Crippen MR) is 77.9 cm³/mol. The average Bonchev–Trinajstić information content (AvgIpc) is 2.49. The molecule has 1 saturated carbocycles. The summed E-state index contributed by atoms with van der Waals surface area (Å²) in [6, 6.07) is 9.56. The standard InChI is InChI=1S/C17H24AtNO/c18-15-7-5-13(6-8-15)14-9-11-19(12-10-14)16-3-1-2-4-17(16)20/h5-8,14,16-17,20H,1-4,9-12H2/t16-,17-/m1/s1/i18+1. The summed E-state index contributed by atoms with van der Waals surface area (Å²) in [5, 5.41) is 10.2. The maximum atomic E-state index is 10.2. The Bertz CT molecular complexity index is 425. The quantitative estimate of drug-likeness (QED) is 0.719. The van der Waals surface area contributed by atoms with Gasteiger partial charge >= 0.3 is 138 Å². The first kappa shape index (κ1) is 14.9. The Morgan fingerprint density at radius 2 is 1.60 bits per heavy atom. The number of hydrogen-bond acceptors (Lipinski definition) is 2. The Hall–Kier alpha value is 0.0231. The van der Waals surface area contributed by atoms with Crippen LogP contribution in [-0.2, 0) is 0 Å². The molecule has 20 heavy (non-hydrogen) atoms. The first-order valence-electron chi connectivity index (χ1n) is 7.91. The van der Waals surface area contributed by atoms with E-state index in [1.54, 1.807) is 24.7 Å². The van der Waals surface area contributed by atoms with Gasteiger partial charge in [0.25, 0.3) is 0 Å². The molecule has 0 aromatic heterocycles. The molecule has 0 unspecified atom stereocenters. The number of piperidine rings is 1. The Morgan fingerprint density at radius 1 is 0.950 bits per heavy atom. The fourth-order valence-electron chi connectivity index (χ4n) is 3.82. The third-order valence-corrected chi connectivity index (χ3v) is 6.01. The molecule has 1 N–H and O–H groups in total. The van der Waals surface area contributed by atoms with Crippen molar-refractivity contribution in [2.24, 2.45) is 0 Å². The van der Waals surface area contributed by atoms with Crippen LogP contribution in [0.2, 0.25) is 0 Å². The fraction of sp³-hybridized carbons (Fsp3) is 0.647. The molecule has 1 aliphatic heterocycles. The topological polar surface area (TPSA) is 23.5 Å². The van der Waals surface area contributed by atoms with Gasteiger partial charge in [0.2, 0.25) is 0 Å². The zero-order valence-electron chi connectivity index (χ0n) is 12.0. The first-order valence-corrected chi connectivity index (χ1v) is 9.38. The van der Waals surface area contributed by atoms with Crippen LogP contribution in [-0.4, -0.2) is 35.2 Å². The minimum absolute atomic E-state index is 0.0818. The van der Waals surface area contributed by atoms with Crippen molar-refractivity contribution in [2.75, 3.05) is 13.1 Å². The molecule has 1 aliphatic carbocycles. The second kappa shape index (κ2) is 6.86. The summed E-state index contributed by atoms with van der Waals surface area (Å²) in [4.78, 5) is 2.55. The molecule has 0 bridgehead atoms. The molecule has 1 heterocycles. The Morgan fingerprint density at radius 3 is 2.25 bits per heavy atom. The van der Waals surface area contributed by atoms with E-state index >= 15 is 0 Å². The normalized spacial score (nSPS) is 29.5. The van der Waals surface area contributed by atoms with Gasteiger partial charge in [0.1, 0.15) is 0 Å². The van der Waals surface area contributed by atoms with Crippen molar-refractivity contribution in [3.05, 3.63) is 29.8 Å². The van der Waals surface area contributed by atoms with Gasteiger partial charge in [-0.15, -0.1) is 0 Å². The van der Waals surface area contributed by atoms with E-state index in [1.807, 2.05) is 0 Å². The number of rotatable bonds is 2. The molecule has 3 heteroatoms. The first-order chi connectivity index (χ1) is 9.74. The minimum atomic E-state index is -0.0818. The number of likely N-dealkylation sites (tertiary alicyclic amines) is 1. The van der Waals surface area contributed by atoms with Crippen LogP contribution < -0.4 is 3.27 Å². The summed E-state index contributed by atoms with van der Waals surface area (Å²) < 4.78 is 1.40. The van der Waals surface area contributed by atoms with Crippen LogP contribution in [0, 0.1) is 24.7 Å². The number of hydrogen-bond donors (Lipinski definition) is 1. The van der Waals surface area contributed by atoms with E-state index < -0.39 is 0 Å². The van der Waals surface area contributed by atoms with Crippen LogP contribution in [0.3, 0.4) is 0 Å². The van der Waals surface area contributed by atoms with Gasteiger partial charge in [0, 0.05) is 0 Å². The molecule has 2 nitrogen and oxygen atoms in total. The molecule has 3 rings (SSSR count). The van der Waals surface area contributed by atoms with E-state index in [4.69, 9.17) is 0 Å². The maximum absolute atomic E-state index is 10.2. The van der Waals surface area contributed by atoms with Gasteiger partial charge in [0.05, 0.1) is 0 Å². The molecule has 2 aliphatic rings. The van der Waals surface area contributed by atoms with Crippen LogP contribution in [0.25, 0.3) is 0 Å². The summed E-state index contributed by atoms with van der Waals surface area (Å²) >= 11 is 1.75. The summed E-state index contributed by atoms with van der Waals surface area (Å²) in [7, 11) is 0. The average molecular weight is 469 g/mol. The van der Waals surface area contributed by atoms with E-state index in [9.17, 15) is 5.11 Å². The van der Waals surface area contributed by atoms with Crippen molar-refractivity contribution >= 4 is 3.27 Å². The molecular weight excluding hydrogens is 445 g/mol. The van der Waals surface area contributed by atoms with Crippen LogP contribution in [0.1, 0.15) is 50.0 Å². The predicted octanol–water partition coefficient (Wildman–Crippen LogP) is 2.34. The molecule has 1 saturated heterocycles. The van der Waals surface area contributed by atoms with Crippen molar-refractivity contribution in [3.63, 3.8) is 0 Å². The third kappa shape index (κ3) is 3.43. The van der Waals surface area contributed by atoms with Gasteiger partial charge in [-0.3, -0.25) is 0 Å². The van der Waals surface area contributed by atoms with E-state index in [2.05, 4.69) is 29.2 Å². The van der Waals surface area contributed by atoms with Gasteiger partial charge in [-0.2, -0.15) is 0 Å². The van der Waals surface area contributed by atoms with Crippen LogP contribution >= 0.6 is 0 Å². The van der Waals surface area contributed by atoms with Crippen LogP contribution in [0.4, 0.5) is 0 Å². The second-order valence-corrected chi connectivity index (χ2v) is 7.98. The summed E-state index contributed by atoms with van der Waals surface area (Å²) in [6.45, 7) is 2.31. The molecule has 2 fully saturated rings. The van der Waals surface area contributed by atoms with Crippen molar-refractivity contribution in [1.29, 1.82) is 0 Å². The Balaban J connectivity index is 1.57. The zero-order valence-corrected chi connectivity index (χ0v) is 14.9. The zero-order chi connectivity index (χ0) is 13.9. The van der Waals surface area contributed by atoms with Crippen molar-refractivity contribution in [3.8, 4) is 0 Å². The van der Waals surface area contributed by atoms with Crippen LogP contribution in [0.15, 0.2) is 24.3 Å². The third-order valence-electron chi connectivity index (χ3n) is 5.03. The second-order valence-electron chi connectivity index (χ2n) is 6.28. The molecule has 0 radical (unpaired) electrons.